The van der Waals surface area contributed by atoms with Crippen molar-refractivity contribution in [3.8, 4) is 6.07 Å². The van der Waals surface area contributed by atoms with Crippen LogP contribution in [-0.4, -0.2) is 11.5 Å². The van der Waals surface area contributed by atoms with Crippen LogP contribution in [0.4, 0.5) is 5.82 Å². The van der Waals surface area contributed by atoms with Crippen LogP contribution in [0.25, 0.3) is 0 Å². The van der Waals surface area contributed by atoms with Crippen molar-refractivity contribution in [2.45, 2.75) is 46.0 Å². The third kappa shape index (κ3) is 7.03. The predicted molar refractivity (Wildman–Crippen MR) is 80.4 cm³/mol. The van der Waals surface area contributed by atoms with Gasteiger partial charge in [0.2, 0.25) is 0 Å². The number of pyridine rings is 1. The summed E-state index contributed by atoms with van der Waals surface area (Å²) in [5.41, 5.74) is 0.541. The maximum atomic E-state index is 8.84. The van der Waals surface area contributed by atoms with Crippen LogP contribution in [0, 0.1) is 17.2 Å². The van der Waals surface area contributed by atoms with E-state index in [1.165, 1.54) is 25.7 Å². The molecule has 104 valence electrons. The van der Waals surface area contributed by atoms with Crippen molar-refractivity contribution in [1.82, 2.24) is 4.98 Å². The van der Waals surface area contributed by atoms with Crippen LogP contribution in [0.15, 0.2) is 12.1 Å². The van der Waals surface area contributed by atoms with Gasteiger partial charge in [-0.05, 0) is 24.5 Å². The van der Waals surface area contributed by atoms with E-state index in [0.717, 1.165) is 18.9 Å². The normalized spacial score (nSPS) is 10.5. The first-order valence-corrected chi connectivity index (χ1v) is 7.31. The monoisotopic (exact) mass is 279 g/mol. The Morgan fingerprint density at radius 1 is 1.26 bits per heavy atom. The van der Waals surface area contributed by atoms with Gasteiger partial charge < -0.3 is 5.32 Å². The molecule has 1 rings (SSSR count). The van der Waals surface area contributed by atoms with Crippen molar-refractivity contribution in [3.05, 3.63) is 22.8 Å². The molecule has 0 aliphatic carbocycles. The molecule has 0 fully saturated rings. The van der Waals surface area contributed by atoms with Crippen LogP contribution in [0.1, 0.15) is 51.5 Å². The molecule has 0 radical (unpaired) electrons. The fourth-order valence-corrected chi connectivity index (χ4v) is 2.11. The average molecular weight is 280 g/mol. The summed E-state index contributed by atoms with van der Waals surface area (Å²) < 4.78 is 0. The molecule has 1 aromatic rings. The summed E-state index contributed by atoms with van der Waals surface area (Å²) in [6.45, 7) is 5.40. The molecule has 0 unspecified atom stereocenters. The quantitative estimate of drug-likeness (QED) is 0.558. The smallest absolute Gasteiger partial charge is 0.132 e. The van der Waals surface area contributed by atoms with E-state index < -0.39 is 0 Å². The summed E-state index contributed by atoms with van der Waals surface area (Å²) >= 11 is 5.84. The highest BCUT2D eigenvalue weighted by atomic mass is 35.5. The number of nitriles is 1. The standard InChI is InChI=1S/C15H22ClN3/c1-12(2)7-5-3-4-6-8-18-15-10-13(11-17)9-14(16)19-15/h9-10,12H,3-8H2,1-2H3,(H,18,19). The number of anilines is 1. The topological polar surface area (TPSA) is 48.7 Å². The first-order valence-electron chi connectivity index (χ1n) is 6.93. The Hall–Kier alpha value is -1.27. The van der Waals surface area contributed by atoms with Crippen molar-refractivity contribution < 1.29 is 0 Å². The van der Waals surface area contributed by atoms with Crippen LogP contribution in [0.2, 0.25) is 5.15 Å². The van der Waals surface area contributed by atoms with Crippen LogP contribution in [0.3, 0.4) is 0 Å². The lowest BCUT2D eigenvalue weighted by Gasteiger charge is -2.07. The number of nitrogens with one attached hydrogen (secondary N) is 1. The van der Waals surface area contributed by atoms with Crippen LogP contribution in [-0.2, 0) is 0 Å². The molecule has 0 saturated heterocycles. The third-order valence-electron chi connectivity index (χ3n) is 2.94. The molecule has 1 aromatic heterocycles. The zero-order valence-corrected chi connectivity index (χ0v) is 12.5. The summed E-state index contributed by atoms with van der Waals surface area (Å²) in [5, 5.41) is 12.4. The van der Waals surface area contributed by atoms with Gasteiger partial charge in [-0.1, -0.05) is 51.1 Å². The molecule has 4 heteroatoms. The number of rotatable bonds is 8. The zero-order chi connectivity index (χ0) is 14.1. The molecule has 0 aromatic carbocycles. The molecule has 0 aliphatic heterocycles. The summed E-state index contributed by atoms with van der Waals surface area (Å²) in [7, 11) is 0. The van der Waals surface area contributed by atoms with Crippen molar-refractivity contribution in [2.24, 2.45) is 5.92 Å². The average Bonchev–Trinajstić information content (AvgIpc) is 2.36. The van der Waals surface area contributed by atoms with Gasteiger partial charge in [0.15, 0.2) is 0 Å². The summed E-state index contributed by atoms with van der Waals surface area (Å²) in [6.07, 6.45) is 6.26. The van der Waals surface area contributed by atoms with E-state index >= 15 is 0 Å². The first kappa shape index (κ1) is 15.8. The van der Waals surface area contributed by atoms with Crippen LogP contribution < -0.4 is 5.32 Å². The lowest BCUT2D eigenvalue weighted by molar-refractivity contribution is 0.523. The van der Waals surface area contributed by atoms with Gasteiger partial charge in [0.1, 0.15) is 11.0 Å². The molecule has 0 bridgehead atoms. The van der Waals surface area contributed by atoms with E-state index in [9.17, 15) is 0 Å². The summed E-state index contributed by atoms with van der Waals surface area (Å²) in [5.74, 6) is 1.49. The Balaban J connectivity index is 2.19. The van der Waals surface area contributed by atoms with Gasteiger partial charge in [0, 0.05) is 6.54 Å². The van der Waals surface area contributed by atoms with E-state index in [2.05, 4.69) is 30.2 Å². The van der Waals surface area contributed by atoms with Gasteiger partial charge >= 0.3 is 0 Å². The molecule has 1 N–H and O–H groups in total. The first-order chi connectivity index (χ1) is 9.11. The van der Waals surface area contributed by atoms with Gasteiger partial charge in [0.05, 0.1) is 11.6 Å². The van der Waals surface area contributed by atoms with Gasteiger partial charge in [-0.3, -0.25) is 0 Å². The summed E-state index contributed by atoms with van der Waals surface area (Å²) in [4.78, 5) is 4.14. The second-order valence-corrected chi connectivity index (χ2v) is 5.59. The highest BCUT2D eigenvalue weighted by Gasteiger charge is 2.00. The highest BCUT2D eigenvalue weighted by molar-refractivity contribution is 6.29. The van der Waals surface area contributed by atoms with E-state index in [4.69, 9.17) is 16.9 Å². The second kappa shape index (κ2) is 8.77. The fourth-order valence-electron chi connectivity index (χ4n) is 1.90. The maximum Gasteiger partial charge on any atom is 0.132 e. The van der Waals surface area contributed by atoms with Crippen LogP contribution in [0.5, 0.6) is 0 Å². The number of unbranched alkanes of at least 4 members (excludes halogenated alkanes) is 3. The molecular weight excluding hydrogens is 258 g/mol. The molecule has 0 saturated carbocycles. The van der Waals surface area contributed by atoms with Crippen LogP contribution >= 0.6 is 11.6 Å². The highest BCUT2D eigenvalue weighted by Crippen LogP contribution is 2.14. The van der Waals surface area contributed by atoms with Crippen molar-refractivity contribution in [2.75, 3.05) is 11.9 Å². The van der Waals surface area contributed by atoms with E-state index in [-0.39, 0.29) is 0 Å². The van der Waals surface area contributed by atoms with Gasteiger partial charge in [-0.25, -0.2) is 4.98 Å². The van der Waals surface area contributed by atoms with Crippen molar-refractivity contribution in [3.63, 3.8) is 0 Å². The van der Waals surface area contributed by atoms with Gasteiger partial charge in [0.25, 0.3) is 0 Å². The van der Waals surface area contributed by atoms with Gasteiger partial charge in [-0.15, -0.1) is 0 Å². The lowest BCUT2D eigenvalue weighted by Crippen LogP contribution is -2.03. The second-order valence-electron chi connectivity index (χ2n) is 5.20. The zero-order valence-electron chi connectivity index (χ0n) is 11.7. The maximum absolute atomic E-state index is 8.84. The number of hydrogen-bond donors (Lipinski definition) is 1. The number of aromatic nitrogens is 1. The Kier molecular flexibility index (Phi) is 7.28. The predicted octanol–water partition coefficient (Wildman–Crippen LogP) is 4.63. The molecule has 3 nitrogen and oxygen atoms in total. The molecule has 19 heavy (non-hydrogen) atoms. The Morgan fingerprint density at radius 2 is 2.00 bits per heavy atom. The summed E-state index contributed by atoms with van der Waals surface area (Å²) in [6, 6.07) is 5.37. The Morgan fingerprint density at radius 3 is 2.68 bits per heavy atom. The number of nitrogens with zero attached hydrogens (tertiary/aromatic N) is 2. The number of halogens is 1. The van der Waals surface area contributed by atoms with E-state index in [0.29, 0.717) is 16.5 Å². The fraction of sp³-hybridized carbons (Fsp3) is 0.600. The molecule has 0 spiro atoms. The molecule has 0 atom stereocenters. The molecule has 1 heterocycles. The molecule has 0 amide bonds. The minimum absolute atomic E-state index is 0.360. The Bertz CT molecular complexity index is 424. The largest absolute Gasteiger partial charge is 0.370 e. The third-order valence-corrected chi connectivity index (χ3v) is 3.13. The minimum Gasteiger partial charge on any atom is -0.370 e. The minimum atomic E-state index is 0.360. The van der Waals surface area contributed by atoms with Gasteiger partial charge in [-0.2, -0.15) is 5.26 Å². The number of hydrogen-bond acceptors (Lipinski definition) is 3. The SMILES string of the molecule is CC(C)CCCCCCNc1cc(C#N)cc(Cl)n1. The van der Waals surface area contributed by atoms with Crippen molar-refractivity contribution >= 4 is 17.4 Å². The van der Waals surface area contributed by atoms with Crippen molar-refractivity contribution in [1.29, 1.82) is 5.26 Å². The lowest BCUT2D eigenvalue weighted by atomic mass is 10.0. The Labute approximate surface area is 121 Å². The molecular formula is C15H22ClN3. The molecule has 0 aliphatic rings. The van der Waals surface area contributed by atoms with E-state index in [1.54, 1.807) is 12.1 Å². The van der Waals surface area contributed by atoms with E-state index in [1.807, 2.05) is 0 Å².